The number of nitro benzene ring substituents is 1. The zero-order valence-corrected chi connectivity index (χ0v) is 12.3. The highest BCUT2D eigenvalue weighted by molar-refractivity contribution is 6.53. The third kappa shape index (κ3) is 5.01. The Morgan fingerprint density at radius 1 is 1.43 bits per heavy atom. The maximum absolute atomic E-state index is 11.3. The van der Waals surface area contributed by atoms with E-state index in [2.05, 4.69) is 5.32 Å². The van der Waals surface area contributed by atoms with Crippen LogP contribution in [0.15, 0.2) is 24.3 Å². The predicted molar refractivity (Wildman–Crippen MR) is 79.1 cm³/mol. The van der Waals surface area contributed by atoms with E-state index in [9.17, 15) is 20.0 Å². The van der Waals surface area contributed by atoms with Crippen LogP contribution in [0.4, 0.5) is 11.4 Å². The van der Waals surface area contributed by atoms with Gasteiger partial charge in [0, 0.05) is 18.7 Å². The topological polar surface area (TPSA) is 122 Å². The second-order valence-electron chi connectivity index (χ2n) is 4.06. The molecule has 116 valence electrons. The number of hydrazine groups is 1. The molecule has 1 amide bonds. The number of hydrogen-bond donors (Lipinski definition) is 3. The number of nitrogens with one attached hydrogen (secondary N) is 1. The van der Waals surface area contributed by atoms with Gasteiger partial charge in [0.25, 0.3) is 11.6 Å². The molecule has 0 aromatic heterocycles. The van der Waals surface area contributed by atoms with Gasteiger partial charge >= 0.3 is 0 Å². The van der Waals surface area contributed by atoms with Gasteiger partial charge in [0.05, 0.1) is 23.3 Å². The molecule has 0 heterocycles. The summed E-state index contributed by atoms with van der Waals surface area (Å²) in [6, 6.07) is 4.82. The third-order valence-corrected chi connectivity index (χ3v) is 3.07. The largest absolute Gasteiger partial charge is 0.394 e. The lowest BCUT2D eigenvalue weighted by Gasteiger charge is -2.28. The predicted octanol–water partition coefficient (Wildman–Crippen LogP) is 0.556. The smallest absolute Gasteiger partial charge is 0.269 e. The number of non-ortho nitro benzene ring substituents is 1. The summed E-state index contributed by atoms with van der Waals surface area (Å²) < 4.78 is 0. The van der Waals surface area contributed by atoms with Gasteiger partial charge in [-0.25, -0.2) is 5.84 Å². The van der Waals surface area contributed by atoms with E-state index in [0.717, 1.165) is 0 Å². The van der Waals surface area contributed by atoms with Crippen LogP contribution in [0.25, 0.3) is 0 Å². The molecule has 0 saturated heterocycles. The summed E-state index contributed by atoms with van der Waals surface area (Å²) in [5.74, 6) is 5.22. The zero-order valence-electron chi connectivity index (χ0n) is 10.8. The fourth-order valence-corrected chi connectivity index (χ4v) is 1.66. The van der Waals surface area contributed by atoms with Crippen LogP contribution in [-0.4, -0.2) is 40.0 Å². The van der Waals surface area contributed by atoms with Gasteiger partial charge < -0.3 is 15.4 Å². The quantitative estimate of drug-likeness (QED) is 0.289. The van der Waals surface area contributed by atoms with E-state index >= 15 is 0 Å². The lowest BCUT2D eigenvalue weighted by atomic mass is 10.2. The van der Waals surface area contributed by atoms with Gasteiger partial charge in [0.1, 0.15) is 0 Å². The molecule has 1 rings (SSSR count). The highest BCUT2D eigenvalue weighted by atomic mass is 35.5. The summed E-state index contributed by atoms with van der Waals surface area (Å²) in [4.78, 5) is 20.1. The zero-order chi connectivity index (χ0) is 16.0. The number of aliphatic hydroxyl groups is 1. The van der Waals surface area contributed by atoms with E-state index in [4.69, 9.17) is 29.0 Å². The summed E-state index contributed by atoms with van der Waals surface area (Å²) in [7, 11) is 0. The molecule has 10 heteroatoms. The van der Waals surface area contributed by atoms with Crippen molar-refractivity contribution in [2.45, 2.75) is 10.9 Å². The minimum absolute atomic E-state index is 0.0127. The molecule has 1 atom stereocenters. The Hall–Kier alpha value is -1.61. The van der Waals surface area contributed by atoms with Gasteiger partial charge in [0.15, 0.2) is 4.84 Å². The molecule has 4 N–H and O–H groups in total. The molecule has 0 radical (unpaired) electrons. The molecule has 1 aromatic carbocycles. The average Bonchev–Trinajstić information content (AvgIpc) is 2.47. The van der Waals surface area contributed by atoms with Crippen LogP contribution in [0, 0.1) is 10.1 Å². The number of anilines is 1. The lowest BCUT2D eigenvalue weighted by Crippen LogP contribution is -2.50. The van der Waals surface area contributed by atoms with Gasteiger partial charge in [-0.3, -0.25) is 14.9 Å². The van der Waals surface area contributed by atoms with Crippen molar-refractivity contribution in [3.8, 4) is 0 Å². The molecule has 0 fully saturated rings. The summed E-state index contributed by atoms with van der Waals surface area (Å²) in [6.07, 6.45) is 0. The minimum atomic E-state index is -1.21. The minimum Gasteiger partial charge on any atom is -0.394 e. The first-order chi connectivity index (χ1) is 9.86. The molecule has 0 saturated carbocycles. The number of benzene rings is 1. The van der Waals surface area contributed by atoms with Crippen molar-refractivity contribution in [2.75, 3.05) is 18.2 Å². The molecule has 0 bridgehead atoms. The summed E-state index contributed by atoms with van der Waals surface area (Å²) in [6.45, 7) is -0.332. The number of hydrogen-bond acceptors (Lipinski definition) is 6. The highest BCUT2D eigenvalue weighted by Gasteiger charge is 2.19. The highest BCUT2D eigenvalue weighted by Crippen LogP contribution is 2.18. The molecule has 0 aliphatic heterocycles. The monoisotopic (exact) mass is 336 g/mol. The number of nitro groups is 1. The number of carbonyl (C=O) groups excluding carboxylic acids is 1. The van der Waals surface area contributed by atoms with Gasteiger partial charge in [-0.15, -0.1) is 0 Å². The van der Waals surface area contributed by atoms with Crippen LogP contribution in [0.2, 0.25) is 0 Å². The van der Waals surface area contributed by atoms with E-state index in [0.29, 0.717) is 5.69 Å². The Labute approximate surface area is 130 Å². The first-order valence-corrected chi connectivity index (χ1v) is 6.69. The van der Waals surface area contributed by atoms with Crippen LogP contribution < -0.4 is 16.2 Å². The maximum Gasteiger partial charge on any atom is 0.269 e. The third-order valence-electron chi connectivity index (χ3n) is 2.67. The number of amides is 1. The molecular weight excluding hydrogens is 323 g/mol. The second-order valence-corrected chi connectivity index (χ2v) is 5.16. The van der Waals surface area contributed by atoms with Gasteiger partial charge in [0.2, 0.25) is 0 Å². The van der Waals surface area contributed by atoms with Crippen molar-refractivity contribution in [1.82, 2.24) is 5.32 Å². The summed E-state index contributed by atoms with van der Waals surface area (Å²) in [5.41, 5.74) is 0.371. The normalized spacial score (nSPS) is 12.0. The van der Waals surface area contributed by atoms with Crippen LogP contribution in [0.3, 0.4) is 0 Å². The number of nitrogens with two attached hydrogens (primary N) is 1. The number of carbonyl (C=O) groups is 1. The van der Waals surface area contributed by atoms with Crippen LogP contribution in [0.1, 0.15) is 0 Å². The summed E-state index contributed by atoms with van der Waals surface area (Å²) in [5, 5.41) is 23.5. The summed E-state index contributed by atoms with van der Waals surface area (Å²) >= 11 is 10.8. The molecule has 1 aromatic rings. The fourth-order valence-electron chi connectivity index (χ4n) is 1.50. The van der Waals surface area contributed by atoms with E-state index in [1.165, 1.54) is 29.3 Å². The van der Waals surface area contributed by atoms with Gasteiger partial charge in [-0.2, -0.15) is 0 Å². The van der Waals surface area contributed by atoms with E-state index in [1.807, 2.05) is 0 Å². The Morgan fingerprint density at radius 2 is 2.00 bits per heavy atom. The van der Waals surface area contributed by atoms with Crippen molar-refractivity contribution < 1.29 is 14.8 Å². The fraction of sp³-hybridized carbons (Fsp3) is 0.364. The van der Waals surface area contributed by atoms with Crippen molar-refractivity contribution in [1.29, 1.82) is 0 Å². The Morgan fingerprint density at radius 3 is 2.43 bits per heavy atom. The Bertz CT molecular complexity index is 498. The molecular formula is C11H14Cl2N4O4. The van der Waals surface area contributed by atoms with Crippen molar-refractivity contribution in [2.24, 2.45) is 5.84 Å². The number of nitrogens with zero attached hydrogens (tertiary/aromatic N) is 2. The van der Waals surface area contributed by atoms with Crippen LogP contribution >= 0.6 is 23.2 Å². The number of rotatable bonds is 7. The first-order valence-electron chi connectivity index (χ1n) is 5.82. The first kappa shape index (κ1) is 17.4. The molecule has 0 aliphatic rings. The van der Waals surface area contributed by atoms with Crippen LogP contribution in [-0.2, 0) is 4.79 Å². The molecule has 8 nitrogen and oxygen atoms in total. The van der Waals surface area contributed by atoms with Crippen LogP contribution in [0.5, 0.6) is 0 Å². The van der Waals surface area contributed by atoms with Crippen molar-refractivity contribution in [3.63, 3.8) is 0 Å². The number of aliphatic hydroxyl groups excluding tert-OH is 1. The molecule has 0 aliphatic carbocycles. The van der Waals surface area contributed by atoms with Gasteiger partial charge in [-0.05, 0) is 12.1 Å². The number of alkyl halides is 2. The number of halogens is 2. The maximum atomic E-state index is 11.3. The lowest BCUT2D eigenvalue weighted by molar-refractivity contribution is -0.384. The average molecular weight is 337 g/mol. The SMILES string of the molecule is NN(c1ccc([N+](=O)[O-])cc1)C(CO)CNC(=O)C(Cl)Cl. The molecule has 1 unspecified atom stereocenters. The van der Waals surface area contributed by atoms with Crippen molar-refractivity contribution >= 4 is 40.5 Å². The van der Waals surface area contributed by atoms with E-state index in [1.54, 1.807) is 0 Å². The molecule has 21 heavy (non-hydrogen) atoms. The second kappa shape index (κ2) is 7.99. The Kier molecular flexibility index (Phi) is 6.63. The van der Waals surface area contributed by atoms with E-state index in [-0.39, 0.29) is 18.8 Å². The van der Waals surface area contributed by atoms with Gasteiger partial charge in [-0.1, -0.05) is 23.2 Å². The standard InChI is InChI=1S/C11H14Cl2N4O4/c12-10(13)11(19)15-5-9(6-18)16(14)7-1-3-8(4-2-7)17(20)21/h1-4,9-10,18H,5-6,14H2,(H,15,19). The van der Waals surface area contributed by atoms with Crippen molar-refractivity contribution in [3.05, 3.63) is 34.4 Å². The molecule has 0 spiro atoms. The Balaban J connectivity index is 2.71. The van der Waals surface area contributed by atoms with E-state index < -0.39 is 21.7 Å².